The summed E-state index contributed by atoms with van der Waals surface area (Å²) in [6.45, 7) is 4.17. The molecule has 0 unspecified atom stereocenters. The van der Waals surface area contributed by atoms with E-state index in [0.717, 1.165) is 36.2 Å². The number of fused-ring (bicyclic) bond motifs is 3. The highest BCUT2D eigenvalue weighted by Crippen LogP contribution is 2.41. The van der Waals surface area contributed by atoms with Gasteiger partial charge in [-0.25, -0.2) is 0 Å². The molecule has 0 saturated carbocycles. The zero-order valence-corrected chi connectivity index (χ0v) is 17.3. The molecule has 0 bridgehead atoms. The number of benzene rings is 3. The fraction of sp³-hybridized carbons (Fsp3) is 0.208. The highest BCUT2D eigenvalue weighted by molar-refractivity contribution is 9.10. The van der Waals surface area contributed by atoms with E-state index in [4.69, 9.17) is 5.10 Å². The molecule has 0 atom stereocenters. The van der Waals surface area contributed by atoms with Crippen molar-refractivity contribution < 1.29 is 4.90 Å². The van der Waals surface area contributed by atoms with Crippen LogP contribution in [0, 0.1) is 0 Å². The van der Waals surface area contributed by atoms with Crippen LogP contribution >= 0.6 is 15.9 Å². The third-order valence-electron chi connectivity index (χ3n) is 5.84. The smallest absolute Gasteiger partial charge is 0.140 e. The highest BCUT2D eigenvalue weighted by Gasteiger charge is 2.37. The number of hydrogen-bond donors (Lipinski definition) is 1. The molecule has 0 amide bonds. The first-order valence-electron chi connectivity index (χ1n) is 9.87. The Hall–Kier alpha value is -2.43. The molecule has 4 heteroatoms. The largest absolute Gasteiger partial charge is 0.322 e. The summed E-state index contributed by atoms with van der Waals surface area (Å²) >= 11 is 3.52. The van der Waals surface area contributed by atoms with Crippen molar-refractivity contribution in [3.63, 3.8) is 0 Å². The maximum Gasteiger partial charge on any atom is 0.140 e. The first-order chi connectivity index (χ1) is 13.8. The van der Waals surface area contributed by atoms with Crippen LogP contribution in [0.25, 0.3) is 11.1 Å². The topological polar surface area (TPSA) is 20.0 Å². The number of nitrogens with one attached hydrogen (secondary N) is 1. The van der Waals surface area contributed by atoms with Gasteiger partial charge in [0.05, 0.1) is 32.4 Å². The van der Waals surface area contributed by atoms with Gasteiger partial charge in [-0.15, -0.1) is 0 Å². The molecular formula is C24H23BrN3+. The van der Waals surface area contributed by atoms with Crippen LogP contribution in [0.2, 0.25) is 0 Å². The zero-order valence-electron chi connectivity index (χ0n) is 15.7. The SMILES string of the molecule is Brc1cccc(/C=N/N2CC[NH+](C3c4ccccc4-c4ccccc43)CC2)c1. The van der Waals surface area contributed by atoms with E-state index in [9.17, 15) is 0 Å². The number of hydrogen-bond acceptors (Lipinski definition) is 2. The second-order valence-electron chi connectivity index (χ2n) is 7.52. The van der Waals surface area contributed by atoms with Gasteiger partial charge in [-0.3, -0.25) is 5.01 Å². The maximum absolute atomic E-state index is 4.72. The lowest BCUT2D eigenvalue weighted by Gasteiger charge is -2.34. The van der Waals surface area contributed by atoms with Crippen molar-refractivity contribution in [3.8, 4) is 11.1 Å². The van der Waals surface area contributed by atoms with E-state index >= 15 is 0 Å². The lowest BCUT2D eigenvalue weighted by molar-refractivity contribution is -0.929. The Morgan fingerprint density at radius 1 is 0.857 bits per heavy atom. The molecule has 0 spiro atoms. The number of hydrazone groups is 1. The predicted octanol–water partition coefficient (Wildman–Crippen LogP) is 3.75. The fourth-order valence-electron chi connectivity index (χ4n) is 4.52. The van der Waals surface area contributed by atoms with Gasteiger partial charge in [0.2, 0.25) is 0 Å². The molecular weight excluding hydrogens is 410 g/mol. The molecule has 2 aliphatic rings. The van der Waals surface area contributed by atoms with E-state index in [-0.39, 0.29) is 0 Å². The molecule has 1 saturated heterocycles. The monoisotopic (exact) mass is 432 g/mol. The van der Waals surface area contributed by atoms with Crippen molar-refractivity contribution in [1.29, 1.82) is 0 Å². The van der Waals surface area contributed by atoms with Crippen LogP contribution < -0.4 is 4.90 Å². The molecule has 1 aliphatic carbocycles. The molecule has 1 heterocycles. The lowest BCUT2D eigenvalue weighted by Crippen LogP contribution is -3.14. The second-order valence-corrected chi connectivity index (χ2v) is 8.43. The van der Waals surface area contributed by atoms with Crippen LogP contribution in [0.5, 0.6) is 0 Å². The van der Waals surface area contributed by atoms with Crippen molar-refractivity contribution in [2.75, 3.05) is 26.2 Å². The van der Waals surface area contributed by atoms with Crippen LogP contribution in [-0.2, 0) is 0 Å². The molecule has 1 N–H and O–H groups in total. The molecule has 5 rings (SSSR count). The number of rotatable bonds is 3. The standard InChI is InChI=1S/C24H22BrN3/c25-19-7-5-6-18(16-19)17-26-28-14-12-27(13-15-28)24-22-10-3-1-8-20(22)21-9-2-4-11-23(21)24/h1-11,16-17,24H,12-15H2/p+1/b26-17+. The van der Waals surface area contributed by atoms with E-state index in [2.05, 4.69) is 81.6 Å². The van der Waals surface area contributed by atoms with Crippen molar-refractivity contribution in [2.45, 2.75) is 6.04 Å². The minimum absolute atomic E-state index is 0.448. The first-order valence-corrected chi connectivity index (χ1v) is 10.7. The summed E-state index contributed by atoms with van der Waals surface area (Å²) in [5, 5.41) is 6.92. The average molecular weight is 433 g/mol. The Morgan fingerprint density at radius 2 is 1.50 bits per heavy atom. The van der Waals surface area contributed by atoms with Crippen LogP contribution in [-0.4, -0.2) is 37.4 Å². The van der Waals surface area contributed by atoms with Crippen molar-refractivity contribution in [2.24, 2.45) is 5.10 Å². The highest BCUT2D eigenvalue weighted by atomic mass is 79.9. The zero-order chi connectivity index (χ0) is 18.9. The molecule has 1 fully saturated rings. The Balaban J connectivity index is 1.32. The number of nitrogens with zero attached hydrogens (tertiary/aromatic N) is 2. The van der Waals surface area contributed by atoms with Crippen molar-refractivity contribution >= 4 is 22.1 Å². The van der Waals surface area contributed by atoms with Gasteiger partial charge in [0, 0.05) is 15.6 Å². The number of piperazine rings is 1. The minimum Gasteiger partial charge on any atom is -0.322 e. The number of halogens is 1. The summed E-state index contributed by atoms with van der Waals surface area (Å²) < 4.78 is 1.09. The maximum atomic E-state index is 4.72. The molecule has 1 aliphatic heterocycles. The quantitative estimate of drug-likeness (QED) is 0.624. The van der Waals surface area contributed by atoms with Crippen LogP contribution in [0.1, 0.15) is 22.7 Å². The van der Waals surface area contributed by atoms with Gasteiger partial charge in [0.25, 0.3) is 0 Å². The first kappa shape index (κ1) is 17.7. The van der Waals surface area contributed by atoms with E-state index in [1.807, 2.05) is 18.3 Å². The van der Waals surface area contributed by atoms with E-state index in [0.29, 0.717) is 6.04 Å². The second kappa shape index (κ2) is 7.53. The Kier molecular flexibility index (Phi) is 4.75. The van der Waals surface area contributed by atoms with Crippen LogP contribution in [0.3, 0.4) is 0 Å². The van der Waals surface area contributed by atoms with Crippen molar-refractivity contribution in [3.05, 3.63) is 94.0 Å². The Morgan fingerprint density at radius 3 is 2.14 bits per heavy atom. The van der Waals surface area contributed by atoms with Gasteiger partial charge in [0.1, 0.15) is 6.04 Å². The summed E-state index contributed by atoms with van der Waals surface area (Å²) in [5.74, 6) is 0. The van der Waals surface area contributed by atoms with E-state index in [1.165, 1.54) is 22.3 Å². The third-order valence-corrected chi connectivity index (χ3v) is 6.34. The molecule has 28 heavy (non-hydrogen) atoms. The fourth-order valence-corrected chi connectivity index (χ4v) is 4.93. The van der Waals surface area contributed by atoms with Gasteiger partial charge in [-0.05, 0) is 28.8 Å². The molecule has 3 aromatic rings. The summed E-state index contributed by atoms with van der Waals surface area (Å²) in [5.41, 5.74) is 6.90. The van der Waals surface area contributed by atoms with Crippen molar-refractivity contribution in [1.82, 2.24) is 5.01 Å². The summed E-state index contributed by atoms with van der Waals surface area (Å²) in [6.07, 6.45) is 1.97. The van der Waals surface area contributed by atoms with Gasteiger partial charge >= 0.3 is 0 Å². The summed E-state index contributed by atoms with van der Waals surface area (Å²) in [4.78, 5) is 1.64. The minimum atomic E-state index is 0.448. The molecule has 3 nitrogen and oxygen atoms in total. The van der Waals surface area contributed by atoms with E-state index < -0.39 is 0 Å². The normalized spacial score (nSPS) is 17.1. The van der Waals surface area contributed by atoms with Crippen LogP contribution in [0.4, 0.5) is 0 Å². The van der Waals surface area contributed by atoms with Gasteiger partial charge in [-0.2, -0.15) is 5.10 Å². The Labute approximate surface area is 174 Å². The van der Waals surface area contributed by atoms with Gasteiger partial charge in [0.15, 0.2) is 0 Å². The molecule has 140 valence electrons. The van der Waals surface area contributed by atoms with Crippen LogP contribution in [0.15, 0.2) is 82.4 Å². The molecule has 0 radical (unpaired) electrons. The number of quaternary nitrogens is 1. The summed E-state index contributed by atoms with van der Waals surface area (Å²) in [7, 11) is 0. The average Bonchev–Trinajstić information content (AvgIpc) is 3.07. The molecule has 3 aromatic carbocycles. The lowest BCUT2D eigenvalue weighted by atomic mass is 10.0. The predicted molar refractivity (Wildman–Crippen MR) is 118 cm³/mol. The Bertz CT molecular complexity index is 976. The molecule has 0 aromatic heterocycles. The van der Waals surface area contributed by atoms with E-state index in [1.54, 1.807) is 4.90 Å². The third kappa shape index (κ3) is 3.27. The summed E-state index contributed by atoms with van der Waals surface area (Å²) in [6, 6.07) is 26.5. The van der Waals surface area contributed by atoms with Gasteiger partial charge < -0.3 is 4.90 Å². The van der Waals surface area contributed by atoms with Gasteiger partial charge in [-0.1, -0.05) is 76.6 Å².